The number of rotatable bonds is 9. The van der Waals surface area contributed by atoms with E-state index in [-0.39, 0.29) is 36.8 Å². The van der Waals surface area contributed by atoms with Crippen molar-refractivity contribution in [1.29, 1.82) is 0 Å². The zero-order chi connectivity index (χ0) is 18.3. The van der Waals surface area contributed by atoms with E-state index in [1.807, 2.05) is 27.7 Å². The van der Waals surface area contributed by atoms with Crippen molar-refractivity contribution in [1.82, 2.24) is 10.6 Å². The fraction of sp³-hybridized carbons (Fsp3) is 0.611. The van der Waals surface area contributed by atoms with Gasteiger partial charge in [0.1, 0.15) is 12.3 Å². The Bertz CT molecular complexity index is 535. The summed E-state index contributed by atoms with van der Waals surface area (Å²) < 4.78 is 0. The van der Waals surface area contributed by atoms with Crippen LogP contribution in [0.3, 0.4) is 0 Å². The summed E-state index contributed by atoms with van der Waals surface area (Å²) in [6.07, 6.45) is 4.88. The molecule has 0 aliphatic heterocycles. The Morgan fingerprint density at radius 2 is 1.88 bits per heavy atom. The molecule has 1 aliphatic rings. The maximum atomic E-state index is 12.5. The fourth-order valence-corrected chi connectivity index (χ4v) is 2.59. The van der Waals surface area contributed by atoms with Crippen molar-refractivity contribution in [2.45, 2.75) is 52.6 Å². The Morgan fingerprint density at radius 1 is 1.21 bits per heavy atom. The third-order valence-electron chi connectivity index (χ3n) is 3.89. The number of hydrogen-bond donors (Lipinski definition) is 3. The van der Waals surface area contributed by atoms with E-state index in [4.69, 9.17) is 0 Å². The number of amides is 2. The summed E-state index contributed by atoms with van der Waals surface area (Å²) in [6, 6.07) is -1.02. The summed E-state index contributed by atoms with van der Waals surface area (Å²) in [5, 5.41) is 14.9. The highest BCUT2D eigenvalue weighted by atomic mass is 16.3. The molecule has 0 aromatic carbocycles. The Kier molecular flexibility index (Phi) is 7.85. The van der Waals surface area contributed by atoms with Gasteiger partial charge in [-0.2, -0.15) is 0 Å². The van der Waals surface area contributed by atoms with Gasteiger partial charge in [0.2, 0.25) is 11.8 Å². The van der Waals surface area contributed by atoms with E-state index in [0.717, 1.165) is 6.29 Å². The van der Waals surface area contributed by atoms with Gasteiger partial charge in [0.05, 0.1) is 12.6 Å². The summed E-state index contributed by atoms with van der Waals surface area (Å²) in [4.78, 5) is 35.5. The van der Waals surface area contributed by atoms with Crippen molar-refractivity contribution in [3.05, 3.63) is 23.3 Å². The molecule has 0 bridgehead atoms. The largest absolute Gasteiger partial charge is 0.394 e. The molecule has 0 aromatic rings. The lowest BCUT2D eigenvalue weighted by molar-refractivity contribution is -0.129. The highest BCUT2D eigenvalue weighted by molar-refractivity contribution is 5.99. The van der Waals surface area contributed by atoms with Crippen LogP contribution in [0.2, 0.25) is 0 Å². The van der Waals surface area contributed by atoms with E-state index in [1.54, 1.807) is 12.2 Å². The van der Waals surface area contributed by atoms with Crippen LogP contribution in [0.15, 0.2) is 23.3 Å². The van der Waals surface area contributed by atoms with Gasteiger partial charge in [-0.15, -0.1) is 0 Å². The molecular weight excluding hydrogens is 308 g/mol. The molecule has 0 saturated heterocycles. The number of aliphatic hydroxyl groups is 1. The van der Waals surface area contributed by atoms with Crippen LogP contribution in [-0.2, 0) is 14.4 Å². The van der Waals surface area contributed by atoms with Gasteiger partial charge in [0.15, 0.2) is 0 Å². The van der Waals surface area contributed by atoms with Gasteiger partial charge in [-0.3, -0.25) is 14.4 Å². The average Bonchev–Trinajstić information content (AvgIpc) is 2.99. The summed E-state index contributed by atoms with van der Waals surface area (Å²) in [7, 11) is 0. The molecule has 2 atom stereocenters. The molecule has 6 nitrogen and oxygen atoms in total. The third-order valence-corrected chi connectivity index (χ3v) is 3.89. The van der Waals surface area contributed by atoms with Crippen molar-refractivity contribution in [3.8, 4) is 0 Å². The number of carbonyl (C=O) groups excluding carboxylic acids is 3. The van der Waals surface area contributed by atoms with Gasteiger partial charge in [0.25, 0.3) is 0 Å². The topological polar surface area (TPSA) is 95.5 Å². The second-order valence-corrected chi connectivity index (χ2v) is 6.94. The van der Waals surface area contributed by atoms with Crippen molar-refractivity contribution in [2.24, 2.45) is 11.8 Å². The highest BCUT2D eigenvalue weighted by Gasteiger charge is 2.27. The van der Waals surface area contributed by atoms with Crippen LogP contribution in [-0.4, -0.2) is 41.9 Å². The molecule has 1 rings (SSSR count). The molecule has 3 N–H and O–H groups in total. The molecule has 0 spiro atoms. The van der Waals surface area contributed by atoms with E-state index < -0.39 is 6.04 Å². The lowest BCUT2D eigenvalue weighted by Gasteiger charge is -2.25. The van der Waals surface area contributed by atoms with E-state index in [2.05, 4.69) is 10.6 Å². The van der Waals surface area contributed by atoms with E-state index in [0.29, 0.717) is 23.5 Å². The van der Waals surface area contributed by atoms with Gasteiger partial charge in [0, 0.05) is 12.0 Å². The van der Waals surface area contributed by atoms with Gasteiger partial charge in [-0.1, -0.05) is 39.8 Å². The van der Waals surface area contributed by atoms with Gasteiger partial charge >= 0.3 is 0 Å². The van der Waals surface area contributed by atoms with Crippen LogP contribution >= 0.6 is 0 Å². The van der Waals surface area contributed by atoms with E-state index in [1.165, 1.54) is 0 Å². The first-order valence-electron chi connectivity index (χ1n) is 8.35. The molecule has 0 fully saturated rings. The first-order chi connectivity index (χ1) is 11.3. The van der Waals surface area contributed by atoms with E-state index >= 15 is 0 Å². The lowest BCUT2D eigenvalue weighted by atomic mass is 10.00. The molecule has 24 heavy (non-hydrogen) atoms. The standard InChI is InChI=1S/C18H28N2O4/c1-11(2)7-15(10-22)19-18(24)16(12(3)4)20-17(23)14-6-5-13(8-14)9-21/h5-6,9,11-12,15-16,22H,7-8,10H2,1-4H3,(H,19,24)(H,20,23)/t15-,16-/m0/s1. The number of nitrogens with one attached hydrogen (secondary N) is 2. The molecule has 1 aliphatic carbocycles. The van der Waals surface area contributed by atoms with Crippen molar-refractivity contribution in [3.63, 3.8) is 0 Å². The predicted molar refractivity (Wildman–Crippen MR) is 92.1 cm³/mol. The number of aliphatic hydroxyl groups excluding tert-OH is 1. The number of carbonyl (C=O) groups is 3. The maximum Gasteiger partial charge on any atom is 0.248 e. The third kappa shape index (κ3) is 5.92. The van der Waals surface area contributed by atoms with Gasteiger partial charge in [-0.25, -0.2) is 0 Å². The monoisotopic (exact) mass is 336 g/mol. The SMILES string of the molecule is CC(C)C[C@@H](CO)NC(=O)[C@@H](NC(=O)C1=CC=C(C=O)C1)C(C)C. The van der Waals surface area contributed by atoms with Gasteiger partial charge < -0.3 is 15.7 Å². The summed E-state index contributed by atoms with van der Waals surface area (Å²) in [5.41, 5.74) is 1.01. The number of hydrogen-bond acceptors (Lipinski definition) is 4. The van der Waals surface area contributed by atoms with Gasteiger partial charge in [-0.05, 0) is 23.8 Å². The first-order valence-corrected chi connectivity index (χ1v) is 8.35. The Hall–Kier alpha value is -1.95. The van der Waals surface area contributed by atoms with Crippen LogP contribution in [0.5, 0.6) is 0 Å². The summed E-state index contributed by atoms with van der Waals surface area (Å²) in [5.74, 6) is -0.416. The zero-order valence-electron chi connectivity index (χ0n) is 14.8. The molecule has 0 unspecified atom stereocenters. The van der Waals surface area contributed by atoms with Crippen LogP contribution in [0.1, 0.15) is 40.5 Å². The number of aldehydes is 1. The molecule has 134 valence electrons. The molecule has 0 aromatic heterocycles. The van der Waals surface area contributed by atoms with E-state index in [9.17, 15) is 19.5 Å². The van der Waals surface area contributed by atoms with Crippen LogP contribution < -0.4 is 10.6 Å². The average molecular weight is 336 g/mol. The smallest absolute Gasteiger partial charge is 0.248 e. The Balaban J connectivity index is 2.68. The van der Waals surface area contributed by atoms with Crippen molar-refractivity contribution < 1.29 is 19.5 Å². The molecule has 0 heterocycles. The normalized spacial score (nSPS) is 16.5. The predicted octanol–water partition coefficient (Wildman–Crippen LogP) is 1.11. The molecular formula is C18H28N2O4. The minimum atomic E-state index is -0.695. The van der Waals surface area contributed by atoms with Crippen LogP contribution in [0.4, 0.5) is 0 Å². The summed E-state index contributed by atoms with van der Waals surface area (Å²) >= 11 is 0. The van der Waals surface area contributed by atoms with Crippen LogP contribution in [0, 0.1) is 11.8 Å². The Labute approximate surface area is 143 Å². The van der Waals surface area contributed by atoms with Crippen LogP contribution in [0.25, 0.3) is 0 Å². The zero-order valence-corrected chi connectivity index (χ0v) is 14.8. The Morgan fingerprint density at radius 3 is 2.33 bits per heavy atom. The highest BCUT2D eigenvalue weighted by Crippen LogP contribution is 2.18. The lowest BCUT2D eigenvalue weighted by Crippen LogP contribution is -2.53. The molecule has 2 amide bonds. The summed E-state index contributed by atoms with van der Waals surface area (Å²) in [6.45, 7) is 7.58. The maximum absolute atomic E-state index is 12.5. The second kappa shape index (κ2) is 9.37. The minimum Gasteiger partial charge on any atom is -0.394 e. The molecule has 0 saturated carbocycles. The quantitative estimate of drug-likeness (QED) is 0.550. The number of allylic oxidation sites excluding steroid dienone is 3. The van der Waals surface area contributed by atoms with Crippen molar-refractivity contribution >= 4 is 18.1 Å². The minimum absolute atomic E-state index is 0.104. The molecule has 6 heteroatoms. The molecule has 0 radical (unpaired) electrons. The first kappa shape index (κ1) is 20.1. The fourth-order valence-electron chi connectivity index (χ4n) is 2.59. The van der Waals surface area contributed by atoms with Crippen molar-refractivity contribution in [2.75, 3.05) is 6.61 Å². The second-order valence-electron chi connectivity index (χ2n) is 6.94.